The lowest BCUT2D eigenvalue weighted by Gasteiger charge is -2.25. The highest BCUT2D eigenvalue weighted by molar-refractivity contribution is 5.65. The van der Waals surface area contributed by atoms with Crippen molar-refractivity contribution in [2.24, 2.45) is 5.92 Å². The van der Waals surface area contributed by atoms with E-state index >= 15 is 0 Å². The van der Waals surface area contributed by atoms with Gasteiger partial charge in [-0.2, -0.15) is 0 Å². The van der Waals surface area contributed by atoms with E-state index in [-0.39, 0.29) is 5.60 Å². The van der Waals surface area contributed by atoms with E-state index in [2.05, 4.69) is 5.32 Å². The van der Waals surface area contributed by atoms with Gasteiger partial charge in [0.1, 0.15) is 5.60 Å². The van der Waals surface area contributed by atoms with E-state index in [9.17, 15) is 4.79 Å². The number of carbonyl (C=O) groups is 1. The maximum Gasteiger partial charge on any atom is 0.407 e. The lowest BCUT2D eigenvalue weighted by molar-refractivity contribution is -0.00500. The third kappa shape index (κ3) is 1.19. The zero-order valence-corrected chi connectivity index (χ0v) is 7.62. The molecule has 2 atom stereocenters. The number of ether oxygens (including phenoxy) is 1. The smallest absolute Gasteiger partial charge is 0.407 e. The van der Waals surface area contributed by atoms with E-state index < -0.39 is 6.09 Å². The predicted molar refractivity (Wildman–Crippen MR) is 45.7 cm³/mol. The molecule has 1 amide bonds. The molecule has 2 fully saturated rings. The Hall–Kier alpha value is -0.810. The van der Waals surface area contributed by atoms with Crippen molar-refractivity contribution >= 4 is 6.09 Å². The maximum atomic E-state index is 10.7. The highest BCUT2D eigenvalue weighted by atomic mass is 16.5. The van der Waals surface area contributed by atoms with Gasteiger partial charge in [0.2, 0.25) is 0 Å². The van der Waals surface area contributed by atoms with E-state index in [0.29, 0.717) is 19.0 Å². The van der Waals surface area contributed by atoms with E-state index in [4.69, 9.17) is 9.84 Å². The number of carboxylic acid groups (broad SMARTS) is 1. The van der Waals surface area contributed by atoms with Gasteiger partial charge in [0.05, 0.1) is 6.54 Å². The largest absolute Gasteiger partial charge is 0.465 e. The average molecular weight is 186 g/mol. The molecule has 74 valence electrons. The number of hydrogen-bond donors (Lipinski definition) is 2. The molecule has 2 N–H and O–H groups in total. The number of nitrogens with one attached hydrogen (secondary N) is 1. The standard InChI is InChI=1S/C8H14N2O3/c1-13-8-4-9-2-6(8)3-10(5-8)7(11)12/h6,9H,2-5H2,1H3,(H,11,12). The SMILES string of the molecule is COC12CNCC1CN(C(=O)O)C2. The molecule has 0 aromatic heterocycles. The van der Waals surface area contributed by atoms with Crippen molar-refractivity contribution in [1.29, 1.82) is 0 Å². The summed E-state index contributed by atoms with van der Waals surface area (Å²) in [6.07, 6.45) is -0.842. The second-order valence-electron chi connectivity index (χ2n) is 3.76. The third-order valence-corrected chi connectivity index (χ3v) is 3.14. The van der Waals surface area contributed by atoms with E-state index in [0.717, 1.165) is 13.1 Å². The van der Waals surface area contributed by atoms with Crippen LogP contribution >= 0.6 is 0 Å². The number of fused-ring (bicyclic) bond motifs is 1. The Bertz CT molecular complexity index is 233. The molecule has 2 rings (SSSR count). The van der Waals surface area contributed by atoms with Crippen LogP contribution in [0, 0.1) is 5.92 Å². The predicted octanol–water partition coefficient (Wildman–Crippen LogP) is -0.415. The quantitative estimate of drug-likeness (QED) is 0.584. The van der Waals surface area contributed by atoms with Gasteiger partial charge in [-0.3, -0.25) is 0 Å². The minimum atomic E-state index is -0.842. The first kappa shape index (κ1) is 8.77. The average Bonchev–Trinajstić information content (AvgIpc) is 2.58. The lowest BCUT2D eigenvalue weighted by Crippen LogP contribution is -2.42. The minimum Gasteiger partial charge on any atom is -0.465 e. The van der Waals surface area contributed by atoms with Crippen LogP contribution in [0.4, 0.5) is 4.79 Å². The van der Waals surface area contributed by atoms with Crippen molar-refractivity contribution in [1.82, 2.24) is 10.2 Å². The first-order chi connectivity index (χ1) is 6.18. The fourth-order valence-electron chi connectivity index (χ4n) is 2.31. The molecule has 2 unspecified atom stereocenters. The number of nitrogens with zero attached hydrogens (tertiary/aromatic N) is 1. The molecule has 0 spiro atoms. The summed E-state index contributed by atoms with van der Waals surface area (Å²) < 4.78 is 5.44. The summed E-state index contributed by atoms with van der Waals surface area (Å²) in [6.45, 7) is 2.71. The van der Waals surface area contributed by atoms with Gasteiger partial charge >= 0.3 is 6.09 Å². The summed E-state index contributed by atoms with van der Waals surface area (Å²) in [5, 5.41) is 12.1. The Morgan fingerprint density at radius 1 is 1.77 bits per heavy atom. The van der Waals surface area contributed by atoms with Gasteiger partial charge in [-0.25, -0.2) is 4.79 Å². The summed E-state index contributed by atoms with van der Waals surface area (Å²) in [7, 11) is 1.66. The van der Waals surface area contributed by atoms with Gasteiger partial charge in [0.15, 0.2) is 0 Å². The highest BCUT2D eigenvalue weighted by Gasteiger charge is 2.51. The summed E-state index contributed by atoms with van der Waals surface area (Å²) in [5.41, 5.74) is -0.265. The van der Waals surface area contributed by atoms with Crippen molar-refractivity contribution in [2.75, 3.05) is 33.3 Å². The van der Waals surface area contributed by atoms with Crippen LogP contribution in [-0.2, 0) is 4.74 Å². The fraction of sp³-hybridized carbons (Fsp3) is 0.875. The van der Waals surface area contributed by atoms with Crippen molar-refractivity contribution in [3.63, 3.8) is 0 Å². The van der Waals surface area contributed by atoms with Crippen molar-refractivity contribution in [2.45, 2.75) is 5.60 Å². The molecule has 0 radical (unpaired) electrons. The Balaban J connectivity index is 2.13. The Labute approximate surface area is 76.7 Å². The summed E-state index contributed by atoms with van der Waals surface area (Å²) in [4.78, 5) is 12.2. The molecule has 2 saturated heterocycles. The molecule has 0 bridgehead atoms. The van der Waals surface area contributed by atoms with E-state index in [1.165, 1.54) is 4.90 Å². The van der Waals surface area contributed by atoms with Gasteiger partial charge in [-0.15, -0.1) is 0 Å². The lowest BCUT2D eigenvalue weighted by atomic mass is 9.95. The topological polar surface area (TPSA) is 61.8 Å². The molecule has 5 heteroatoms. The third-order valence-electron chi connectivity index (χ3n) is 3.14. The van der Waals surface area contributed by atoms with Crippen LogP contribution < -0.4 is 5.32 Å². The van der Waals surface area contributed by atoms with Gasteiger partial charge in [-0.1, -0.05) is 0 Å². The number of methoxy groups -OCH3 is 1. The summed E-state index contributed by atoms with van der Waals surface area (Å²) >= 11 is 0. The van der Waals surface area contributed by atoms with E-state index in [1.54, 1.807) is 7.11 Å². The maximum absolute atomic E-state index is 10.7. The van der Waals surface area contributed by atoms with Crippen molar-refractivity contribution in [3.05, 3.63) is 0 Å². The second-order valence-corrected chi connectivity index (χ2v) is 3.76. The molecule has 2 aliphatic rings. The van der Waals surface area contributed by atoms with Gasteiger partial charge < -0.3 is 20.1 Å². The Morgan fingerprint density at radius 2 is 2.54 bits per heavy atom. The molecule has 5 nitrogen and oxygen atoms in total. The zero-order chi connectivity index (χ0) is 9.47. The Kier molecular flexibility index (Phi) is 1.92. The van der Waals surface area contributed by atoms with Crippen LogP contribution in [0.3, 0.4) is 0 Å². The molecular weight excluding hydrogens is 172 g/mol. The molecule has 2 heterocycles. The van der Waals surface area contributed by atoms with Crippen LogP contribution in [0.15, 0.2) is 0 Å². The molecule has 0 aliphatic carbocycles. The van der Waals surface area contributed by atoms with Crippen molar-refractivity contribution < 1.29 is 14.6 Å². The number of amides is 1. The first-order valence-electron chi connectivity index (χ1n) is 4.42. The first-order valence-corrected chi connectivity index (χ1v) is 4.42. The van der Waals surface area contributed by atoms with Crippen LogP contribution in [0.2, 0.25) is 0 Å². The number of likely N-dealkylation sites (tertiary alicyclic amines) is 1. The minimum absolute atomic E-state index is 0.265. The summed E-state index contributed by atoms with van der Waals surface area (Å²) in [6, 6.07) is 0. The van der Waals surface area contributed by atoms with Gasteiger partial charge in [0, 0.05) is 32.7 Å². The van der Waals surface area contributed by atoms with Crippen molar-refractivity contribution in [3.8, 4) is 0 Å². The Morgan fingerprint density at radius 3 is 3.08 bits per heavy atom. The second kappa shape index (κ2) is 2.85. The molecule has 0 saturated carbocycles. The molecule has 0 aromatic carbocycles. The molecule has 13 heavy (non-hydrogen) atoms. The van der Waals surface area contributed by atoms with Gasteiger partial charge in [-0.05, 0) is 0 Å². The number of rotatable bonds is 1. The highest BCUT2D eigenvalue weighted by Crippen LogP contribution is 2.33. The van der Waals surface area contributed by atoms with Crippen LogP contribution in [-0.4, -0.2) is 55.0 Å². The monoisotopic (exact) mass is 186 g/mol. The van der Waals surface area contributed by atoms with Crippen LogP contribution in [0.1, 0.15) is 0 Å². The van der Waals surface area contributed by atoms with Crippen LogP contribution in [0.5, 0.6) is 0 Å². The molecular formula is C8H14N2O3. The van der Waals surface area contributed by atoms with E-state index in [1.807, 2.05) is 0 Å². The molecule has 0 aromatic rings. The zero-order valence-electron chi connectivity index (χ0n) is 7.62. The summed E-state index contributed by atoms with van der Waals surface area (Å²) in [5.74, 6) is 0.314. The number of hydrogen-bond acceptors (Lipinski definition) is 3. The van der Waals surface area contributed by atoms with Crippen LogP contribution in [0.25, 0.3) is 0 Å². The van der Waals surface area contributed by atoms with Gasteiger partial charge in [0.25, 0.3) is 0 Å². The normalized spacial score (nSPS) is 37.9. The fourth-order valence-corrected chi connectivity index (χ4v) is 2.31. The molecule has 2 aliphatic heterocycles.